The number of aryl methyl sites for hydroxylation is 1. The summed E-state index contributed by atoms with van der Waals surface area (Å²) in [5.74, 6) is 0.546. The zero-order valence-corrected chi connectivity index (χ0v) is 11.3. The van der Waals surface area contributed by atoms with Crippen LogP contribution in [0.3, 0.4) is 0 Å². The van der Waals surface area contributed by atoms with Crippen molar-refractivity contribution in [3.63, 3.8) is 0 Å². The molecule has 1 saturated heterocycles. The Balaban J connectivity index is 1.88. The van der Waals surface area contributed by atoms with Gasteiger partial charge in [0, 0.05) is 19.6 Å². The minimum atomic E-state index is 0.546. The maximum absolute atomic E-state index is 5.92. The number of hydrogen-bond acceptors (Lipinski definition) is 3. The molecule has 0 saturated carbocycles. The average molecular weight is 248 g/mol. The number of benzene rings is 1. The molecule has 1 heterocycles. The zero-order valence-electron chi connectivity index (χ0n) is 11.3. The van der Waals surface area contributed by atoms with Gasteiger partial charge in [-0.25, -0.2) is 0 Å². The summed E-state index contributed by atoms with van der Waals surface area (Å²) in [6, 6.07) is 8.74. The van der Waals surface area contributed by atoms with Crippen molar-refractivity contribution in [1.29, 1.82) is 0 Å². The SMILES string of the molecule is Cc1cccc(CC(CN)CN2CCOCC2)c1. The Labute approximate surface area is 110 Å². The third kappa shape index (κ3) is 4.09. The molecule has 3 nitrogen and oxygen atoms in total. The summed E-state index contributed by atoms with van der Waals surface area (Å²) in [5, 5.41) is 0. The van der Waals surface area contributed by atoms with Gasteiger partial charge in [0.05, 0.1) is 13.2 Å². The van der Waals surface area contributed by atoms with Crippen LogP contribution in [0.1, 0.15) is 11.1 Å². The van der Waals surface area contributed by atoms with Crippen LogP contribution in [-0.2, 0) is 11.2 Å². The van der Waals surface area contributed by atoms with Gasteiger partial charge in [-0.2, -0.15) is 0 Å². The lowest BCUT2D eigenvalue weighted by Crippen LogP contribution is -2.41. The molecule has 1 aliphatic rings. The first-order valence-corrected chi connectivity index (χ1v) is 6.83. The van der Waals surface area contributed by atoms with E-state index in [2.05, 4.69) is 36.1 Å². The van der Waals surface area contributed by atoms with E-state index in [1.54, 1.807) is 0 Å². The minimum absolute atomic E-state index is 0.546. The standard InChI is InChI=1S/C15H24N2O/c1-13-3-2-4-14(9-13)10-15(11-16)12-17-5-7-18-8-6-17/h2-4,9,15H,5-8,10-12,16H2,1H3. The second kappa shape index (κ2) is 6.88. The van der Waals surface area contributed by atoms with Gasteiger partial charge in [0.1, 0.15) is 0 Å². The Hall–Kier alpha value is -0.900. The van der Waals surface area contributed by atoms with Gasteiger partial charge in [0.15, 0.2) is 0 Å². The summed E-state index contributed by atoms with van der Waals surface area (Å²) in [5.41, 5.74) is 8.65. The Bertz CT molecular complexity index is 361. The van der Waals surface area contributed by atoms with Gasteiger partial charge in [-0.3, -0.25) is 4.90 Å². The molecular formula is C15H24N2O. The summed E-state index contributed by atoms with van der Waals surface area (Å²) < 4.78 is 5.38. The van der Waals surface area contributed by atoms with Crippen LogP contribution >= 0.6 is 0 Å². The van der Waals surface area contributed by atoms with E-state index in [1.165, 1.54) is 11.1 Å². The highest BCUT2D eigenvalue weighted by Gasteiger charge is 2.16. The Morgan fingerprint density at radius 3 is 2.78 bits per heavy atom. The fourth-order valence-corrected chi connectivity index (χ4v) is 2.54. The van der Waals surface area contributed by atoms with Gasteiger partial charge in [-0.15, -0.1) is 0 Å². The van der Waals surface area contributed by atoms with Crippen LogP contribution < -0.4 is 5.73 Å². The summed E-state index contributed by atoms with van der Waals surface area (Å²) in [7, 11) is 0. The maximum Gasteiger partial charge on any atom is 0.0594 e. The van der Waals surface area contributed by atoms with E-state index < -0.39 is 0 Å². The third-order valence-electron chi connectivity index (χ3n) is 3.56. The van der Waals surface area contributed by atoms with E-state index in [1.807, 2.05) is 0 Å². The highest BCUT2D eigenvalue weighted by molar-refractivity contribution is 5.22. The largest absolute Gasteiger partial charge is 0.379 e. The topological polar surface area (TPSA) is 38.5 Å². The highest BCUT2D eigenvalue weighted by atomic mass is 16.5. The second-order valence-electron chi connectivity index (χ2n) is 5.21. The van der Waals surface area contributed by atoms with Crippen molar-refractivity contribution < 1.29 is 4.74 Å². The predicted molar refractivity (Wildman–Crippen MR) is 74.7 cm³/mol. The van der Waals surface area contributed by atoms with Crippen LogP contribution in [0, 0.1) is 12.8 Å². The van der Waals surface area contributed by atoms with E-state index in [9.17, 15) is 0 Å². The molecule has 0 bridgehead atoms. The molecule has 0 spiro atoms. The summed E-state index contributed by atoms with van der Waals surface area (Å²) in [4.78, 5) is 2.47. The molecule has 1 aliphatic heterocycles. The second-order valence-corrected chi connectivity index (χ2v) is 5.21. The molecule has 100 valence electrons. The van der Waals surface area contributed by atoms with Crippen LogP contribution in [0.5, 0.6) is 0 Å². The third-order valence-corrected chi connectivity index (χ3v) is 3.56. The van der Waals surface area contributed by atoms with Crippen LogP contribution in [0.15, 0.2) is 24.3 Å². The molecule has 1 unspecified atom stereocenters. The van der Waals surface area contributed by atoms with Crippen LogP contribution in [0.4, 0.5) is 0 Å². The van der Waals surface area contributed by atoms with Crippen LogP contribution in [0.25, 0.3) is 0 Å². The van der Waals surface area contributed by atoms with E-state index in [0.717, 1.165) is 45.8 Å². The highest BCUT2D eigenvalue weighted by Crippen LogP contribution is 2.12. The smallest absolute Gasteiger partial charge is 0.0594 e. The molecule has 1 atom stereocenters. The van der Waals surface area contributed by atoms with Crippen molar-refractivity contribution in [3.8, 4) is 0 Å². The van der Waals surface area contributed by atoms with Crippen molar-refractivity contribution in [2.75, 3.05) is 39.4 Å². The Morgan fingerprint density at radius 1 is 1.33 bits per heavy atom. The number of ether oxygens (including phenoxy) is 1. The zero-order chi connectivity index (χ0) is 12.8. The normalized spacial score (nSPS) is 18.8. The van der Waals surface area contributed by atoms with Crippen molar-refractivity contribution in [3.05, 3.63) is 35.4 Å². The monoisotopic (exact) mass is 248 g/mol. The van der Waals surface area contributed by atoms with Gasteiger partial charge in [-0.05, 0) is 31.4 Å². The fraction of sp³-hybridized carbons (Fsp3) is 0.600. The first-order valence-electron chi connectivity index (χ1n) is 6.83. The molecule has 0 aromatic heterocycles. The van der Waals surface area contributed by atoms with Crippen molar-refractivity contribution in [2.24, 2.45) is 11.7 Å². The summed E-state index contributed by atoms with van der Waals surface area (Å²) in [6.45, 7) is 7.81. The lowest BCUT2D eigenvalue weighted by molar-refractivity contribution is 0.0312. The van der Waals surface area contributed by atoms with Gasteiger partial charge in [0.2, 0.25) is 0 Å². The summed E-state index contributed by atoms with van der Waals surface area (Å²) >= 11 is 0. The fourth-order valence-electron chi connectivity index (χ4n) is 2.54. The van der Waals surface area contributed by atoms with Gasteiger partial charge < -0.3 is 10.5 Å². The molecule has 2 N–H and O–H groups in total. The van der Waals surface area contributed by atoms with Gasteiger partial charge >= 0.3 is 0 Å². The van der Waals surface area contributed by atoms with Gasteiger partial charge in [-0.1, -0.05) is 29.8 Å². The van der Waals surface area contributed by atoms with Crippen LogP contribution in [-0.4, -0.2) is 44.3 Å². The molecule has 18 heavy (non-hydrogen) atoms. The lowest BCUT2D eigenvalue weighted by atomic mass is 9.97. The molecule has 1 fully saturated rings. The van der Waals surface area contributed by atoms with E-state index in [4.69, 9.17) is 10.5 Å². The Kier molecular flexibility index (Phi) is 5.17. The Morgan fingerprint density at radius 2 is 2.11 bits per heavy atom. The van der Waals surface area contributed by atoms with Crippen molar-refractivity contribution in [2.45, 2.75) is 13.3 Å². The van der Waals surface area contributed by atoms with Crippen molar-refractivity contribution >= 4 is 0 Å². The molecular weight excluding hydrogens is 224 g/mol. The first kappa shape index (κ1) is 13.5. The molecule has 1 aromatic carbocycles. The molecule has 0 aliphatic carbocycles. The number of morpholine rings is 1. The molecule has 2 rings (SSSR count). The van der Waals surface area contributed by atoms with E-state index in [-0.39, 0.29) is 0 Å². The summed E-state index contributed by atoms with van der Waals surface area (Å²) in [6.07, 6.45) is 1.08. The van der Waals surface area contributed by atoms with E-state index >= 15 is 0 Å². The lowest BCUT2D eigenvalue weighted by Gasteiger charge is -2.30. The first-order chi connectivity index (χ1) is 8.78. The van der Waals surface area contributed by atoms with E-state index in [0.29, 0.717) is 5.92 Å². The number of hydrogen-bond donors (Lipinski definition) is 1. The number of rotatable bonds is 5. The van der Waals surface area contributed by atoms with Crippen LogP contribution in [0.2, 0.25) is 0 Å². The number of nitrogens with zero attached hydrogens (tertiary/aromatic N) is 1. The maximum atomic E-state index is 5.92. The molecule has 3 heteroatoms. The molecule has 1 aromatic rings. The number of nitrogens with two attached hydrogens (primary N) is 1. The quantitative estimate of drug-likeness (QED) is 0.857. The van der Waals surface area contributed by atoms with Gasteiger partial charge in [0.25, 0.3) is 0 Å². The molecule has 0 radical (unpaired) electrons. The minimum Gasteiger partial charge on any atom is -0.379 e. The van der Waals surface area contributed by atoms with Crippen molar-refractivity contribution in [1.82, 2.24) is 4.90 Å². The average Bonchev–Trinajstić information content (AvgIpc) is 2.39. The molecule has 0 amide bonds. The predicted octanol–water partition coefficient (Wildman–Crippen LogP) is 1.44.